The molecule has 2 aromatic carbocycles. The van der Waals surface area contributed by atoms with Gasteiger partial charge < -0.3 is 10.1 Å². The highest BCUT2D eigenvalue weighted by molar-refractivity contribution is 7.92. The summed E-state index contributed by atoms with van der Waals surface area (Å²) in [7, 11) is -2.45. The van der Waals surface area contributed by atoms with Gasteiger partial charge in [0, 0.05) is 18.8 Å². The van der Waals surface area contributed by atoms with Gasteiger partial charge in [-0.15, -0.1) is 0 Å². The summed E-state index contributed by atoms with van der Waals surface area (Å²) in [5, 5.41) is 12.9. The van der Waals surface area contributed by atoms with Gasteiger partial charge in [0.05, 0.1) is 15.5 Å². The summed E-state index contributed by atoms with van der Waals surface area (Å²) in [5.74, 6) is -1.57. The smallest absolute Gasteiger partial charge is 0.349 e. The van der Waals surface area contributed by atoms with Crippen LogP contribution < -0.4 is 9.62 Å². The van der Waals surface area contributed by atoms with E-state index in [0.717, 1.165) is 4.31 Å². The Kier molecular flexibility index (Phi) is 6.85. The molecule has 32 heavy (non-hydrogen) atoms. The minimum atomic E-state index is -3.87. The molecule has 3 rings (SSSR count). The van der Waals surface area contributed by atoms with Gasteiger partial charge in [-0.1, -0.05) is 35.6 Å². The Morgan fingerprint density at radius 1 is 1.09 bits per heavy atom. The molecular formula is C20H17N3O7S2. The average molecular weight is 476 g/mol. The second-order valence-corrected chi connectivity index (χ2v) is 9.39. The van der Waals surface area contributed by atoms with Gasteiger partial charge in [0.2, 0.25) is 0 Å². The number of nitrogens with zero attached hydrogens (tertiary/aromatic N) is 2. The van der Waals surface area contributed by atoms with E-state index in [1.54, 1.807) is 30.3 Å². The average Bonchev–Trinajstić information content (AvgIpc) is 3.28. The van der Waals surface area contributed by atoms with Crippen molar-refractivity contribution in [1.82, 2.24) is 0 Å². The lowest BCUT2D eigenvalue weighted by Gasteiger charge is -2.19. The number of rotatable bonds is 8. The fraction of sp³-hybridized carbons (Fsp3) is 0.100. The van der Waals surface area contributed by atoms with Gasteiger partial charge in [-0.25, -0.2) is 13.2 Å². The zero-order chi connectivity index (χ0) is 23.3. The maximum absolute atomic E-state index is 12.9. The Morgan fingerprint density at radius 2 is 1.81 bits per heavy atom. The van der Waals surface area contributed by atoms with E-state index >= 15 is 0 Å². The molecule has 0 fully saturated rings. The lowest BCUT2D eigenvalue weighted by molar-refractivity contribution is -0.380. The third-order valence-corrected chi connectivity index (χ3v) is 7.00. The molecule has 1 heterocycles. The van der Waals surface area contributed by atoms with Crippen molar-refractivity contribution in [3.05, 3.63) is 81.7 Å². The van der Waals surface area contributed by atoms with E-state index in [1.807, 2.05) is 0 Å². The molecule has 1 N–H and O–H groups in total. The summed E-state index contributed by atoms with van der Waals surface area (Å²) < 4.78 is 31.8. The quantitative estimate of drug-likeness (QED) is 0.300. The maximum atomic E-state index is 12.9. The number of thiophene rings is 1. The van der Waals surface area contributed by atoms with Gasteiger partial charge in [0.15, 0.2) is 6.61 Å². The molecule has 0 aliphatic carbocycles. The normalized spacial score (nSPS) is 10.9. The van der Waals surface area contributed by atoms with Crippen molar-refractivity contribution in [2.75, 3.05) is 23.3 Å². The summed E-state index contributed by atoms with van der Waals surface area (Å²) in [5.41, 5.74) is 0.669. The minimum Gasteiger partial charge on any atom is -0.451 e. The lowest BCUT2D eigenvalue weighted by Crippen LogP contribution is -2.26. The van der Waals surface area contributed by atoms with E-state index in [0.29, 0.717) is 17.0 Å². The molecular weight excluding hydrogens is 458 g/mol. The molecule has 0 saturated heterocycles. The summed E-state index contributed by atoms with van der Waals surface area (Å²) >= 11 is 0.634. The highest BCUT2D eigenvalue weighted by Gasteiger charge is 2.22. The van der Waals surface area contributed by atoms with Crippen LogP contribution >= 0.6 is 11.3 Å². The molecule has 0 aliphatic heterocycles. The Labute approximate surface area is 187 Å². The molecule has 166 valence electrons. The summed E-state index contributed by atoms with van der Waals surface area (Å²) in [6.07, 6.45) is 0. The van der Waals surface area contributed by atoms with Crippen molar-refractivity contribution in [3.63, 3.8) is 0 Å². The predicted octanol–water partition coefficient (Wildman–Crippen LogP) is 3.28. The summed E-state index contributed by atoms with van der Waals surface area (Å²) in [4.78, 5) is 34.1. The van der Waals surface area contributed by atoms with Gasteiger partial charge in [-0.3, -0.25) is 19.2 Å². The predicted molar refractivity (Wildman–Crippen MR) is 118 cm³/mol. The Balaban J connectivity index is 1.64. The number of hydrogen-bond acceptors (Lipinski definition) is 8. The molecule has 10 nitrogen and oxygen atoms in total. The number of nitrogens with one attached hydrogen (secondary N) is 1. The van der Waals surface area contributed by atoms with Crippen LogP contribution in [0.4, 0.5) is 16.4 Å². The van der Waals surface area contributed by atoms with Crippen LogP contribution in [0, 0.1) is 10.1 Å². The summed E-state index contributed by atoms with van der Waals surface area (Å²) in [6, 6.07) is 16.6. The lowest BCUT2D eigenvalue weighted by atomic mass is 10.3. The standard InChI is InChI=1S/C20H17N3O7S2/c1-22(15-7-3-2-4-8-15)32(28,29)16-9-5-6-14(12-16)21-18(24)13-30-20(25)17-10-11-19(31-17)23(26)27/h2-12H,13H2,1H3,(H,21,24). The fourth-order valence-corrected chi connectivity index (χ4v) is 4.56. The van der Waals surface area contributed by atoms with Crippen molar-refractivity contribution in [1.29, 1.82) is 0 Å². The monoisotopic (exact) mass is 475 g/mol. The largest absolute Gasteiger partial charge is 0.451 e. The molecule has 0 spiro atoms. The first-order valence-corrected chi connectivity index (χ1v) is 11.3. The maximum Gasteiger partial charge on any atom is 0.349 e. The van der Waals surface area contributed by atoms with Crippen LogP contribution in [0.3, 0.4) is 0 Å². The first-order chi connectivity index (χ1) is 15.2. The third-order valence-electron chi connectivity index (χ3n) is 4.20. The molecule has 1 amide bonds. The first kappa shape index (κ1) is 22.9. The molecule has 1 aromatic heterocycles. The van der Waals surface area contributed by atoms with Crippen LogP contribution in [-0.4, -0.2) is 38.9 Å². The zero-order valence-corrected chi connectivity index (χ0v) is 18.3. The summed E-state index contributed by atoms with van der Waals surface area (Å²) in [6.45, 7) is -0.647. The van der Waals surface area contributed by atoms with E-state index in [9.17, 15) is 28.1 Å². The van der Waals surface area contributed by atoms with Crippen molar-refractivity contribution >= 4 is 49.6 Å². The molecule has 0 radical (unpaired) electrons. The Bertz CT molecular complexity index is 1260. The minimum absolute atomic E-state index is 0.0125. The van der Waals surface area contributed by atoms with E-state index in [4.69, 9.17) is 4.74 Å². The Morgan fingerprint density at radius 3 is 2.47 bits per heavy atom. The number of carbonyl (C=O) groups is 2. The number of nitro groups is 1. The number of ether oxygens (including phenoxy) is 1. The van der Waals surface area contributed by atoms with Crippen LogP contribution in [0.5, 0.6) is 0 Å². The molecule has 0 bridgehead atoms. The van der Waals surface area contributed by atoms with Gasteiger partial charge in [-0.05, 0) is 36.4 Å². The number of anilines is 2. The molecule has 0 saturated carbocycles. The van der Waals surface area contributed by atoms with E-state index < -0.39 is 33.4 Å². The number of hydrogen-bond donors (Lipinski definition) is 1. The number of sulfonamides is 1. The molecule has 0 unspecified atom stereocenters. The molecule has 12 heteroatoms. The first-order valence-electron chi connectivity index (χ1n) is 9.04. The molecule has 0 atom stereocenters. The van der Waals surface area contributed by atoms with Gasteiger partial charge in [0.25, 0.3) is 15.9 Å². The van der Waals surface area contributed by atoms with Crippen molar-refractivity contribution in [3.8, 4) is 0 Å². The van der Waals surface area contributed by atoms with Gasteiger partial charge in [-0.2, -0.15) is 0 Å². The fourth-order valence-electron chi connectivity index (χ4n) is 2.60. The van der Waals surface area contributed by atoms with Crippen molar-refractivity contribution in [2.45, 2.75) is 4.90 Å². The van der Waals surface area contributed by atoms with Gasteiger partial charge >= 0.3 is 11.0 Å². The number of carbonyl (C=O) groups excluding carboxylic acids is 2. The van der Waals surface area contributed by atoms with E-state index in [-0.39, 0.29) is 20.5 Å². The van der Waals surface area contributed by atoms with Crippen LogP contribution in [0.1, 0.15) is 9.67 Å². The Hall–Kier alpha value is -3.77. The molecule has 0 aliphatic rings. The number of benzene rings is 2. The van der Waals surface area contributed by atoms with Crippen LogP contribution in [0.2, 0.25) is 0 Å². The van der Waals surface area contributed by atoms with Crippen molar-refractivity contribution in [2.24, 2.45) is 0 Å². The van der Waals surface area contributed by atoms with E-state index in [1.165, 1.54) is 43.4 Å². The number of para-hydroxylation sites is 1. The number of esters is 1. The van der Waals surface area contributed by atoms with Crippen LogP contribution in [-0.2, 0) is 19.6 Å². The molecule has 3 aromatic rings. The van der Waals surface area contributed by atoms with Crippen molar-refractivity contribution < 1.29 is 27.7 Å². The highest BCUT2D eigenvalue weighted by atomic mass is 32.2. The topological polar surface area (TPSA) is 136 Å². The third kappa shape index (κ3) is 5.28. The second kappa shape index (κ2) is 9.58. The SMILES string of the molecule is CN(c1ccccc1)S(=O)(=O)c1cccc(NC(=O)COC(=O)c2ccc([N+](=O)[O-])s2)c1. The number of amides is 1. The van der Waals surface area contributed by atoms with Crippen LogP contribution in [0.25, 0.3) is 0 Å². The van der Waals surface area contributed by atoms with Crippen LogP contribution in [0.15, 0.2) is 71.6 Å². The van der Waals surface area contributed by atoms with E-state index in [2.05, 4.69) is 5.32 Å². The van der Waals surface area contributed by atoms with Gasteiger partial charge in [0.1, 0.15) is 4.88 Å². The second-order valence-electron chi connectivity index (χ2n) is 6.36. The zero-order valence-electron chi connectivity index (χ0n) is 16.6. The highest BCUT2D eigenvalue weighted by Crippen LogP contribution is 2.25.